The van der Waals surface area contributed by atoms with Gasteiger partial charge in [0, 0.05) is 5.69 Å². The highest BCUT2D eigenvalue weighted by atomic mass is 16.5. The van der Waals surface area contributed by atoms with E-state index in [2.05, 4.69) is 9.47 Å². The largest absolute Gasteiger partial charge is 0.465 e. The van der Waals surface area contributed by atoms with Crippen molar-refractivity contribution in [1.82, 2.24) is 0 Å². The molecule has 0 heterocycles. The summed E-state index contributed by atoms with van der Waals surface area (Å²) in [6.07, 6.45) is 0. The number of hydrogen-bond acceptors (Lipinski definition) is 9. The summed E-state index contributed by atoms with van der Waals surface area (Å²) in [5, 5.41) is 34.7. The van der Waals surface area contributed by atoms with E-state index in [-0.39, 0.29) is 33.5 Å². The predicted molar refractivity (Wildman–Crippen MR) is 98.8 cm³/mol. The van der Waals surface area contributed by atoms with Crippen LogP contribution in [-0.2, 0) is 9.47 Å². The van der Waals surface area contributed by atoms with Crippen molar-refractivity contribution in [3.63, 3.8) is 0 Å². The maximum absolute atomic E-state index is 11.2. The van der Waals surface area contributed by atoms with E-state index in [1.165, 1.54) is 44.6 Å². The molecule has 0 aliphatic carbocycles. The molecule has 142 valence electrons. The summed E-state index contributed by atoms with van der Waals surface area (Å²) in [6.45, 7) is 0. The van der Waals surface area contributed by atoms with Crippen molar-refractivity contribution in [2.75, 3.05) is 20.0 Å². The molecule has 0 unspecified atom stereocenters. The summed E-state index contributed by atoms with van der Waals surface area (Å²) in [5.74, 6) is -1.04. The van der Waals surface area contributed by atoms with Crippen molar-refractivity contribution < 1.29 is 19.1 Å². The van der Waals surface area contributed by atoms with Crippen LogP contribution in [-0.4, -0.2) is 26.2 Å². The highest BCUT2D eigenvalue weighted by Crippen LogP contribution is 2.17. The number of anilines is 1. The second-order valence-electron chi connectivity index (χ2n) is 5.14. The summed E-state index contributed by atoms with van der Waals surface area (Å²) >= 11 is 0. The first-order valence-corrected chi connectivity index (χ1v) is 7.71. The van der Waals surface area contributed by atoms with Crippen LogP contribution in [0.1, 0.15) is 43.0 Å². The van der Waals surface area contributed by atoms with Crippen LogP contribution in [0.25, 0.3) is 0 Å². The minimum Gasteiger partial charge on any atom is -0.465 e. The molecule has 0 aliphatic rings. The second-order valence-corrected chi connectivity index (χ2v) is 5.14. The van der Waals surface area contributed by atoms with Gasteiger partial charge in [0.2, 0.25) is 0 Å². The first kappa shape index (κ1) is 22.2. The van der Waals surface area contributed by atoms with E-state index in [1.54, 1.807) is 24.3 Å². The van der Waals surface area contributed by atoms with E-state index in [0.29, 0.717) is 5.56 Å². The number of hydrogen-bond donors (Lipinski definition) is 1. The number of nitrogen functional groups attached to an aromatic ring is 1. The summed E-state index contributed by atoms with van der Waals surface area (Å²) < 4.78 is 9.02. The van der Waals surface area contributed by atoms with Crippen molar-refractivity contribution in [2.24, 2.45) is 0 Å². The monoisotopic (exact) mass is 387 g/mol. The van der Waals surface area contributed by atoms with E-state index < -0.39 is 11.9 Å². The number of nitrogens with two attached hydrogens (primary N) is 1. The lowest BCUT2D eigenvalue weighted by atomic mass is 9.99. The topological polar surface area (TPSA) is 174 Å². The molecule has 2 aromatic rings. The predicted octanol–water partition coefficient (Wildman–Crippen LogP) is 2.02. The molecule has 0 radical (unpaired) electrons. The number of benzene rings is 2. The lowest BCUT2D eigenvalue weighted by Gasteiger charge is -2.05. The summed E-state index contributed by atoms with van der Waals surface area (Å²) in [6, 6.07) is 14.0. The van der Waals surface area contributed by atoms with Crippen molar-refractivity contribution in [2.45, 2.75) is 0 Å². The van der Waals surface area contributed by atoms with Gasteiger partial charge in [0.15, 0.2) is 0 Å². The van der Waals surface area contributed by atoms with Gasteiger partial charge in [-0.2, -0.15) is 21.0 Å². The van der Waals surface area contributed by atoms with Crippen LogP contribution >= 0.6 is 0 Å². The number of nitrogens with zero attached hydrogens (tertiary/aromatic N) is 4. The molecule has 0 aliphatic heterocycles. The summed E-state index contributed by atoms with van der Waals surface area (Å²) in [7, 11) is 2.53. The summed E-state index contributed by atoms with van der Waals surface area (Å²) in [5.41, 5.74) is 6.45. The molecular formula is C20H13N5O4. The second kappa shape index (κ2) is 10.3. The zero-order valence-corrected chi connectivity index (χ0v) is 15.4. The van der Waals surface area contributed by atoms with Crippen molar-refractivity contribution in [1.29, 1.82) is 21.0 Å². The van der Waals surface area contributed by atoms with Crippen LogP contribution in [0, 0.1) is 45.3 Å². The number of ether oxygens (including phenoxy) is 2. The smallest absolute Gasteiger partial charge is 0.339 e. The molecule has 2 N–H and O–H groups in total. The Kier molecular flexibility index (Phi) is 7.90. The highest BCUT2D eigenvalue weighted by molar-refractivity contribution is 5.98. The van der Waals surface area contributed by atoms with E-state index in [1.807, 2.05) is 0 Å². The van der Waals surface area contributed by atoms with E-state index in [4.69, 9.17) is 26.8 Å². The Morgan fingerprint density at radius 2 is 1.28 bits per heavy atom. The van der Waals surface area contributed by atoms with Gasteiger partial charge in [-0.15, -0.1) is 0 Å². The van der Waals surface area contributed by atoms with E-state index >= 15 is 0 Å². The first-order chi connectivity index (χ1) is 13.9. The van der Waals surface area contributed by atoms with Crippen LogP contribution in [0.4, 0.5) is 5.69 Å². The maximum atomic E-state index is 11.2. The molecule has 0 aromatic heterocycles. The Labute approximate surface area is 166 Å². The average molecular weight is 387 g/mol. The number of nitriles is 4. The molecular weight excluding hydrogens is 374 g/mol. The number of carbonyl (C=O) groups excluding carboxylic acids is 2. The Morgan fingerprint density at radius 1 is 0.793 bits per heavy atom. The van der Waals surface area contributed by atoms with Crippen molar-refractivity contribution in [3.8, 4) is 24.3 Å². The van der Waals surface area contributed by atoms with Crippen LogP contribution in [0.5, 0.6) is 0 Å². The third kappa shape index (κ3) is 5.08. The molecule has 0 bridgehead atoms. The van der Waals surface area contributed by atoms with Gasteiger partial charge in [0.1, 0.15) is 24.3 Å². The fraction of sp³-hybridized carbons (Fsp3) is 0.100. The molecule has 0 amide bonds. The molecule has 0 atom stereocenters. The molecule has 0 saturated heterocycles. The van der Waals surface area contributed by atoms with Gasteiger partial charge < -0.3 is 15.2 Å². The van der Waals surface area contributed by atoms with Gasteiger partial charge in [-0.1, -0.05) is 0 Å². The lowest BCUT2D eigenvalue weighted by molar-refractivity contribution is 0.0587. The Balaban J connectivity index is 0.000000291. The first-order valence-electron chi connectivity index (χ1n) is 7.71. The summed E-state index contributed by atoms with van der Waals surface area (Å²) in [4.78, 5) is 22.3. The molecule has 29 heavy (non-hydrogen) atoms. The normalized spacial score (nSPS) is 8.62. The molecule has 9 nitrogen and oxygen atoms in total. The zero-order chi connectivity index (χ0) is 22.0. The Morgan fingerprint density at radius 3 is 1.62 bits per heavy atom. The van der Waals surface area contributed by atoms with Crippen molar-refractivity contribution >= 4 is 17.6 Å². The van der Waals surface area contributed by atoms with E-state index in [9.17, 15) is 9.59 Å². The van der Waals surface area contributed by atoms with Crippen LogP contribution in [0.15, 0.2) is 30.3 Å². The Bertz CT molecular complexity index is 1080. The molecule has 0 spiro atoms. The third-order valence-electron chi connectivity index (χ3n) is 3.55. The van der Waals surface area contributed by atoms with E-state index in [0.717, 1.165) is 0 Å². The minimum absolute atomic E-state index is 0.0333. The van der Waals surface area contributed by atoms with Gasteiger partial charge in [-0.3, -0.25) is 0 Å². The molecule has 9 heteroatoms. The number of rotatable bonds is 2. The highest BCUT2D eigenvalue weighted by Gasteiger charge is 2.13. The molecule has 2 aromatic carbocycles. The molecule has 2 rings (SSSR count). The number of methoxy groups -OCH3 is 2. The maximum Gasteiger partial charge on any atom is 0.339 e. The van der Waals surface area contributed by atoms with Gasteiger partial charge in [-0.05, 0) is 30.3 Å². The quantitative estimate of drug-likeness (QED) is 0.597. The molecule has 0 saturated carbocycles. The fourth-order valence-corrected chi connectivity index (χ4v) is 2.12. The molecule has 0 fully saturated rings. The van der Waals surface area contributed by atoms with Gasteiger partial charge in [-0.25, -0.2) is 9.59 Å². The Hall–Kier alpha value is -4.86. The van der Waals surface area contributed by atoms with Gasteiger partial charge in [0.05, 0.1) is 47.6 Å². The zero-order valence-electron chi connectivity index (χ0n) is 15.4. The van der Waals surface area contributed by atoms with Crippen molar-refractivity contribution in [3.05, 3.63) is 63.7 Å². The number of esters is 2. The average Bonchev–Trinajstić information content (AvgIpc) is 2.76. The standard InChI is InChI=1S/C10H2N4.C10H11NO4/c11-3-7-1-2-8(4-12)10(6-14)9(7)5-13;1-14-9(12)6-3-4-7(8(11)5-6)10(13)15-2/h1-2H;3-5H,11H2,1-2H3. The lowest BCUT2D eigenvalue weighted by Crippen LogP contribution is -2.08. The van der Waals surface area contributed by atoms with Crippen LogP contribution < -0.4 is 5.73 Å². The van der Waals surface area contributed by atoms with Gasteiger partial charge >= 0.3 is 11.9 Å². The van der Waals surface area contributed by atoms with Crippen LogP contribution in [0.2, 0.25) is 0 Å². The van der Waals surface area contributed by atoms with Gasteiger partial charge in [0.25, 0.3) is 0 Å². The third-order valence-corrected chi connectivity index (χ3v) is 3.55. The SMILES string of the molecule is COC(=O)c1ccc(C(=O)OC)c(N)c1.N#Cc1ccc(C#N)c(C#N)c1C#N. The number of carbonyl (C=O) groups is 2. The minimum atomic E-state index is -0.538. The van der Waals surface area contributed by atoms with Crippen LogP contribution in [0.3, 0.4) is 0 Å². The fourth-order valence-electron chi connectivity index (χ4n) is 2.12.